The smallest absolute Gasteiger partial charge is 0.0243 e. The predicted molar refractivity (Wildman–Crippen MR) is 90.5 cm³/mol. The molecule has 2 aliphatic carbocycles. The Morgan fingerprint density at radius 3 is 2.43 bits per heavy atom. The summed E-state index contributed by atoms with van der Waals surface area (Å²) in [6.45, 7) is 18.6. The molecule has 21 heavy (non-hydrogen) atoms. The molecule has 122 valence electrons. The van der Waals surface area contributed by atoms with Crippen molar-refractivity contribution in [2.24, 2.45) is 22.2 Å². The van der Waals surface area contributed by atoms with Gasteiger partial charge in [-0.2, -0.15) is 0 Å². The second-order valence-electron chi connectivity index (χ2n) is 10.0. The molecule has 1 aliphatic heterocycles. The first-order chi connectivity index (χ1) is 9.64. The van der Waals surface area contributed by atoms with E-state index < -0.39 is 0 Å². The van der Waals surface area contributed by atoms with Gasteiger partial charge in [0.25, 0.3) is 0 Å². The minimum atomic E-state index is 0.352. The van der Waals surface area contributed by atoms with Crippen molar-refractivity contribution in [3.05, 3.63) is 0 Å². The highest BCUT2D eigenvalue weighted by molar-refractivity contribution is 5.13. The molecule has 0 amide bonds. The molecule has 1 saturated heterocycles. The first kappa shape index (κ1) is 15.8. The second kappa shape index (κ2) is 4.96. The topological polar surface area (TPSA) is 15.3 Å². The first-order valence-electron chi connectivity index (χ1n) is 9.12. The van der Waals surface area contributed by atoms with E-state index in [0.29, 0.717) is 22.3 Å². The molecule has 0 aromatic carbocycles. The van der Waals surface area contributed by atoms with Crippen LogP contribution in [-0.2, 0) is 0 Å². The van der Waals surface area contributed by atoms with Gasteiger partial charge in [-0.1, -0.05) is 41.5 Å². The maximum absolute atomic E-state index is 3.82. The largest absolute Gasteiger partial charge is 0.312 e. The Labute approximate surface area is 132 Å². The highest BCUT2D eigenvalue weighted by Crippen LogP contribution is 2.64. The molecule has 3 rings (SSSR count). The summed E-state index contributed by atoms with van der Waals surface area (Å²) in [6.07, 6.45) is 5.69. The van der Waals surface area contributed by atoms with E-state index in [1.807, 2.05) is 0 Å². The molecule has 0 spiro atoms. The Hall–Kier alpha value is -0.0800. The molecule has 3 aliphatic rings. The monoisotopic (exact) mass is 292 g/mol. The quantitative estimate of drug-likeness (QED) is 0.788. The molecule has 2 bridgehead atoms. The maximum Gasteiger partial charge on any atom is 0.0243 e. The van der Waals surface area contributed by atoms with Crippen LogP contribution in [0.2, 0.25) is 0 Å². The fourth-order valence-electron chi connectivity index (χ4n) is 5.95. The Morgan fingerprint density at radius 1 is 1.14 bits per heavy atom. The summed E-state index contributed by atoms with van der Waals surface area (Å²) in [6, 6.07) is 1.41. The molecule has 2 saturated carbocycles. The van der Waals surface area contributed by atoms with Crippen molar-refractivity contribution in [3.63, 3.8) is 0 Å². The van der Waals surface area contributed by atoms with Crippen LogP contribution >= 0.6 is 0 Å². The van der Waals surface area contributed by atoms with Crippen LogP contribution < -0.4 is 5.32 Å². The van der Waals surface area contributed by atoms with Gasteiger partial charge in [0.15, 0.2) is 0 Å². The fourth-order valence-corrected chi connectivity index (χ4v) is 5.95. The van der Waals surface area contributed by atoms with E-state index in [1.54, 1.807) is 0 Å². The number of nitrogens with one attached hydrogen (secondary N) is 1. The van der Waals surface area contributed by atoms with Crippen LogP contribution in [0.25, 0.3) is 0 Å². The molecular formula is C19H36N2. The van der Waals surface area contributed by atoms with E-state index in [0.717, 1.165) is 12.0 Å². The minimum absolute atomic E-state index is 0.352. The van der Waals surface area contributed by atoms with Crippen molar-refractivity contribution in [2.75, 3.05) is 19.6 Å². The summed E-state index contributed by atoms with van der Waals surface area (Å²) in [7, 11) is 0. The number of rotatable bonds is 1. The molecule has 4 atom stereocenters. The normalized spacial score (nSPS) is 44.0. The molecule has 4 unspecified atom stereocenters. The van der Waals surface area contributed by atoms with E-state index in [4.69, 9.17) is 0 Å². The summed E-state index contributed by atoms with van der Waals surface area (Å²) in [5, 5.41) is 3.82. The summed E-state index contributed by atoms with van der Waals surface area (Å²) < 4.78 is 0. The number of hydrogen-bond donors (Lipinski definition) is 1. The lowest BCUT2D eigenvalue weighted by molar-refractivity contribution is -0.00302. The number of fused-ring (bicyclic) bond motifs is 2. The van der Waals surface area contributed by atoms with Crippen molar-refractivity contribution in [1.29, 1.82) is 0 Å². The van der Waals surface area contributed by atoms with Gasteiger partial charge in [0.05, 0.1) is 0 Å². The van der Waals surface area contributed by atoms with Crippen LogP contribution in [0.1, 0.15) is 67.2 Å². The van der Waals surface area contributed by atoms with Gasteiger partial charge in [0.1, 0.15) is 0 Å². The second-order valence-corrected chi connectivity index (χ2v) is 10.0. The molecule has 1 heterocycles. The zero-order chi connectivity index (χ0) is 15.5. The highest BCUT2D eigenvalue weighted by Gasteiger charge is 2.61. The lowest BCUT2D eigenvalue weighted by atomic mass is 9.67. The van der Waals surface area contributed by atoms with Crippen LogP contribution in [0, 0.1) is 22.2 Å². The van der Waals surface area contributed by atoms with Gasteiger partial charge in [0, 0.05) is 18.6 Å². The molecular weight excluding hydrogens is 256 g/mol. The third-order valence-electron chi connectivity index (χ3n) is 7.03. The van der Waals surface area contributed by atoms with E-state index in [-0.39, 0.29) is 0 Å². The van der Waals surface area contributed by atoms with Crippen molar-refractivity contribution < 1.29 is 0 Å². The zero-order valence-corrected chi connectivity index (χ0v) is 15.1. The van der Waals surface area contributed by atoms with Crippen LogP contribution in [0.3, 0.4) is 0 Å². The standard InChI is InChI=1S/C19H36N2/c1-17(2,3)15-13-21(11-7-10-20-15)16-18(4,5)14-8-9-19(16,6)12-14/h14-16,20H,7-13H2,1-6H3. The maximum atomic E-state index is 3.82. The predicted octanol–water partition coefficient (Wildman–Crippen LogP) is 3.91. The van der Waals surface area contributed by atoms with Crippen molar-refractivity contribution in [1.82, 2.24) is 10.2 Å². The van der Waals surface area contributed by atoms with Crippen LogP contribution in [-0.4, -0.2) is 36.6 Å². The van der Waals surface area contributed by atoms with Crippen molar-refractivity contribution in [3.8, 4) is 0 Å². The van der Waals surface area contributed by atoms with Crippen LogP contribution in [0.4, 0.5) is 0 Å². The molecule has 1 N–H and O–H groups in total. The SMILES string of the molecule is CC(C)(C)C1CN(C2C3(C)CCC(C3)C2(C)C)CCCN1. The Balaban J connectivity index is 1.85. The van der Waals surface area contributed by atoms with Gasteiger partial charge < -0.3 is 5.32 Å². The van der Waals surface area contributed by atoms with E-state index in [9.17, 15) is 0 Å². The van der Waals surface area contributed by atoms with Gasteiger partial charge >= 0.3 is 0 Å². The number of hydrogen-bond acceptors (Lipinski definition) is 2. The lowest BCUT2D eigenvalue weighted by Gasteiger charge is -2.50. The van der Waals surface area contributed by atoms with Gasteiger partial charge in [-0.15, -0.1) is 0 Å². The van der Waals surface area contributed by atoms with Crippen LogP contribution in [0.15, 0.2) is 0 Å². The molecule has 0 aromatic rings. The highest BCUT2D eigenvalue weighted by atomic mass is 15.2. The third-order valence-corrected chi connectivity index (χ3v) is 7.03. The van der Waals surface area contributed by atoms with Gasteiger partial charge in [0.2, 0.25) is 0 Å². The van der Waals surface area contributed by atoms with Gasteiger partial charge in [-0.3, -0.25) is 4.90 Å². The first-order valence-corrected chi connectivity index (χ1v) is 9.12. The van der Waals surface area contributed by atoms with Crippen LogP contribution in [0.5, 0.6) is 0 Å². The summed E-state index contributed by atoms with van der Waals surface area (Å²) in [5.41, 5.74) is 1.42. The summed E-state index contributed by atoms with van der Waals surface area (Å²) >= 11 is 0. The molecule has 2 heteroatoms. The third kappa shape index (κ3) is 2.57. The molecule has 3 fully saturated rings. The Bertz CT molecular complexity index is 390. The Kier molecular flexibility index (Phi) is 3.73. The van der Waals surface area contributed by atoms with Crippen molar-refractivity contribution >= 4 is 0 Å². The van der Waals surface area contributed by atoms with Gasteiger partial charge in [-0.25, -0.2) is 0 Å². The lowest BCUT2D eigenvalue weighted by Crippen LogP contribution is -2.56. The zero-order valence-electron chi connectivity index (χ0n) is 15.1. The Morgan fingerprint density at radius 2 is 1.86 bits per heavy atom. The summed E-state index contributed by atoms with van der Waals surface area (Å²) in [4.78, 5) is 2.88. The van der Waals surface area contributed by atoms with E-state index in [1.165, 1.54) is 45.3 Å². The van der Waals surface area contributed by atoms with E-state index >= 15 is 0 Å². The molecule has 0 aromatic heterocycles. The van der Waals surface area contributed by atoms with Gasteiger partial charge in [-0.05, 0) is 60.9 Å². The minimum Gasteiger partial charge on any atom is -0.312 e. The van der Waals surface area contributed by atoms with Crippen molar-refractivity contribution in [2.45, 2.75) is 79.3 Å². The average molecular weight is 293 g/mol. The van der Waals surface area contributed by atoms with E-state index in [2.05, 4.69) is 51.8 Å². The summed E-state index contributed by atoms with van der Waals surface area (Å²) in [5.74, 6) is 0.955. The molecule has 2 nitrogen and oxygen atoms in total. The molecule has 0 radical (unpaired) electrons. The fraction of sp³-hybridized carbons (Fsp3) is 1.00. The average Bonchev–Trinajstić information content (AvgIpc) is 2.69. The number of nitrogens with zero attached hydrogens (tertiary/aromatic N) is 1.